The summed E-state index contributed by atoms with van der Waals surface area (Å²) >= 11 is 0. The molecule has 0 saturated carbocycles. The Bertz CT molecular complexity index is 1030. The first-order valence-corrected chi connectivity index (χ1v) is 10.2. The largest absolute Gasteiger partial charge is 0.493 e. The number of nitrogens with zero attached hydrogens (tertiary/aromatic N) is 2. The summed E-state index contributed by atoms with van der Waals surface area (Å²) in [5, 5.41) is 0. The van der Waals surface area contributed by atoms with Crippen molar-refractivity contribution in [2.75, 3.05) is 38.3 Å². The highest BCUT2D eigenvalue weighted by Gasteiger charge is 2.10. The normalized spacial score (nSPS) is 14.1. The molecule has 6 heteroatoms. The summed E-state index contributed by atoms with van der Waals surface area (Å²) in [7, 11) is 1.59. The fourth-order valence-electron chi connectivity index (χ4n) is 3.39. The van der Waals surface area contributed by atoms with Crippen molar-refractivity contribution in [1.82, 2.24) is 0 Å². The van der Waals surface area contributed by atoms with Gasteiger partial charge in [-0.15, -0.1) is 0 Å². The van der Waals surface area contributed by atoms with E-state index in [4.69, 9.17) is 14.2 Å². The zero-order valence-corrected chi connectivity index (χ0v) is 17.5. The standard InChI is InChI=1S/C25H25FN2O3/c1-29-25-16-19(5-10-24(25)31-18-20-3-2-4-21(26)15-20)17-27-22-6-8-23(9-7-22)28-11-13-30-14-12-28/h2-10,15-17H,11-14,18H2,1H3. The van der Waals surface area contributed by atoms with Crippen LogP contribution in [0, 0.1) is 5.82 Å². The summed E-state index contributed by atoms with van der Waals surface area (Å²) in [6.45, 7) is 3.62. The fraction of sp³-hybridized carbons (Fsp3) is 0.240. The minimum Gasteiger partial charge on any atom is -0.493 e. The molecule has 0 unspecified atom stereocenters. The Labute approximate surface area is 181 Å². The van der Waals surface area contributed by atoms with Crippen molar-refractivity contribution in [3.63, 3.8) is 0 Å². The van der Waals surface area contributed by atoms with Crippen molar-refractivity contribution in [3.05, 3.63) is 83.7 Å². The molecule has 160 valence electrons. The minimum absolute atomic E-state index is 0.261. The van der Waals surface area contributed by atoms with Crippen LogP contribution in [0.15, 0.2) is 71.7 Å². The molecule has 1 aliphatic heterocycles. The molecule has 1 fully saturated rings. The van der Waals surface area contributed by atoms with Crippen molar-refractivity contribution in [2.24, 2.45) is 4.99 Å². The van der Waals surface area contributed by atoms with Gasteiger partial charge in [0.2, 0.25) is 0 Å². The molecule has 0 aromatic heterocycles. The molecule has 1 saturated heterocycles. The van der Waals surface area contributed by atoms with E-state index in [2.05, 4.69) is 22.0 Å². The molecule has 3 aromatic carbocycles. The first kappa shape index (κ1) is 20.9. The Morgan fingerprint density at radius 2 is 1.81 bits per heavy atom. The van der Waals surface area contributed by atoms with Gasteiger partial charge in [0, 0.05) is 25.0 Å². The van der Waals surface area contributed by atoms with E-state index >= 15 is 0 Å². The van der Waals surface area contributed by atoms with E-state index in [1.807, 2.05) is 36.4 Å². The predicted molar refractivity (Wildman–Crippen MR) is 120 cm³/mol. The third-order valence-corrected chi connectivity index (χ3v) is 5.06. The molecule has 0 atom stereocenters. The van der Waals surface area contributed by atoms with E-state index in [0.717, 1.165) is 43.1 Å². The summed E-state index contributed by atoms with van der Waals surface area (Å²) < 4.78 is 30.0. The highest BCUT2D eigenvalue weighted by Crippen LogP contribution is 2.29. The molecule has 0 aliphatic carbocycles. The van der Waals surface area contributed by atoms with Crippen LogP contribution in [0.25, 0.3) is 0 Å². The van der Waals surface area contributed by atoms with Crippen molar-refractivity contribution in [3.8, 4) is 11.5 Å². The van der Waals surface area contributed by atoms with Crippen molar-refractivity contribution >= 4 is 17.6 Å². The number of ether oxygens (including phenoxy) is 3. The second-order valence-electron chi connectivity index (χ2n) is 7.20. The van der Waals surface area contributed by atoms with Crippen molar-refractivity contribution in [2.45, 2.75) is 6.61 Å². The molecule has 0 spiro atoms. The van der Waals surface area contributed by atoms with Gasteiger partial charge in [-0.2, -0.15) is 0 Å². The fourth-order valence-corrected chi connectivity index (χ4v) is 3.39. The molecule has 0 amide bonds. The Morgan fingerprint density at radius 1 is 1.00 bits per heavy atom. The van der Waals surface area contributed by atoms with Gasteiger partial charge in [0.25, 0.3) is 0 Å². The number of methoxy groups -OCH3 is 1. The average Bonchev–Trinajstić information content (AvgIpc) is 2.82. The van der Waals surface area contributed by atoms with E-state index < -0.39 is 0 Å². The molecule has 1 aliphatic rings. The molecule has 4 rings (SSSR count). The lowest BCUT2D eigenvalue weighted by Crippen LogP contribution is -2.36. The SMILES string of the molecule is COc1cc(C=Nc2ccc(N3CCOCC3)cc2)ccc1OCc1cccc(F)c1. The summed E-state index contributed by atoms with van der Waals surface area (Å²) in [5.74, 6) is 0.916. The molecular weight excluding hydrogens is 395 g/mol. The monoisotopic (exact) mass is 420 g/mol. The van der Waals surface area contributed by atoms with E-state index in [-0.39, 0.29) is 12.4 Å². The van der Waals surface area contributed by atoms with E-state index in [1.54, 1.807) is 19.4 Å². The summed E-state index contributed by atoms with van der Waals surface area (Å²) in [6, 6.07) is 20.2. The number of aliphatic imine (C=N–C) groups is 1. The van der Waals surface area contributed by atoms with Gasteiger partial charge in [-0.05, 0) is 65.7 Å². The second-order valence-corrected chi connectivity index (χ2v) is 7.20. The first-order valence-electron chi connectivity index (χ1n) is 10.2. The van der Waals surface area contributed by atoms with Crippen LogP contribution in [0.4, 0.5) is 15.8 Å². The van der Waals surface area contributed by atoms with Crippen LogP contribution in [0.3, 0.4) is 0 Å². The van der Waals surface area contributed by atoms with Crippen LogP contribution in [-0.4, -0.2) is 39.6 Å². The number of morpholine rings is 1. The van der Waals surface area contributed by atoms with Crippen molar-refractivity contribution < 1.29 is 18.6 Å². The third-order valence-electron chi connectivity index (χ3n) is 5.06. The molecule has 0 bridgehead atoms. The Kier molecular flexibility index (Phi) is 6.79. The van der Waals surface area contributed by atoms with Gasteiger partial charge in [-0.1, -0.05) is 12.1 Å². The van der Waals surface area contributed by atoms with E-state index in [0.29, 0.717) is 11.5 Å². The number of halogens is 1. The quantitative estimate of drug-likeness (QED) is 0.505. The van der Waals surface area contributed by atoms with Gasteiger partial charge in [0.15, 0.2) is 11.5 Å². The van der Waals surface area contributed by atoms with E-state index in [9.17, 15) is 4.39 Å². The second kappa shape index (κ2) is 10.1. The highest BCUT2D eigenvalue weighted by atomic mass is 19.1. The number of hydrogen-bond donors (Lipinski definition) is 0. The van der Waals surface area contributed by atoms with Gasteiger partial charge in [0.1, 0.15) is 12.4 Å². The maximum atomic E-state index is 13.3. The van der Waals surface area contributed by atoms with Crippen LogP contribution in [0.5, 0.6) is 11.5 Å². The average molecular weight is 420 g/mol. The van der Waals surface area contributed by atoms with Crippen LogP contribution < -0.4 is 14.4 Å². The van der Waals surface area contributed by atoms with Crippen LogP contribution in [0.2, 0.25) is 0 Å². The first-order chi connectivity index (χ1) is 15.2. The number of benzene rings is 3. The zero-order valence-electron chi connectivity index (χ0n) is 17.5. The van der Waals surface area contributed by atoms with Crippen LogP contribution >= 0.6 is 0 Å². The molecule has 1 heterocycles. The lowest BCUT2D eigenvalue weighted by molar-refractivity contribution is 0.122. The molecule has 31 heavy (non-hydrogen) atoms. The smallest absolute Gasteiger partial charge is 0.161 e. The minimum atomic E-state index is -0.280. The van der Waals surface area contributed by atoms with Gasteiger partial charge < -0.3 is 19.1 Å². The number of anilines is 1. The molecule has 3 aromatic rings. The number of rotatable bonds is 7. The summed E-state index contributed by atoms with van der Waals surface area (Å²) in [6.07, 6.45) is 1.79. The Balaban J connectivity index is 1.40. The van der Waals surface area contributed by atoms with Gasteiger partial charge >= 0.3 is 0 Å². The molecule has 0 radical (unpaired) electrons. The summed E-state index contributed by atoms with van der Waals surface area (Å²) in [5.41, 5.74) is 3.71. The maximum Gasteiger partial charge on any atom is 0.161 e. The van der Waals surface area contributed by atoms with Gasteiger partial charge in [0.05, 0.1) is 26.0 Å². The van der Waals surface area contributed by atoms with Crippen LogP contribution in [-0.2, 0) is 11.3 Å². The van der Waals surface area contributed by atoms with Gasteiger partial charge in [-0.3, -0.25) is 4.99 Å². The zero-order chi connectivity index (χ0) is 21.5. The Morgan fingerprint density at radius 3 is 2.55 bits per heavy atom. The van der Waals surface area contributed by atoms with Crippen molar-refractivity contribution in [1.29, 1.82) is 0 Å². The van der Waals surface area contributed by atoms with Gasteiger partial charge in [-0.25, -0.2) is 4.39 Å². The molecular formula is C25H25FN2O3. The number of hydrogen-bond acceptors (Lipinski definition) is 5. The molecule has 0 N–H and O–H groups in total. The van der Waals surface area contributed by atoms with E-state index in [1.165, 1.54) is 17.8 Å². The topological polar surface area (TPSA) is 43.3 Å². The predicted octanol–water partition coefficient (Wildman–Crippen LogP) is 5.00. The van der Waals surface area contributed by atoms with Crippen LogP contribution in [0.1, 0.15) is 11.1 Å². The Hall–Kier alpha value is -3.38. The third kappa shape index (κ3) is 5.61. The lowest BCUT2D eigenvalue weighted by Gasteiger charge is -2.28. The molecule has 5 nitrogen and oxygen atoms in total. The highest BCUT2D eigenvalue weighted by molar-refractivity contribution is 5.83. The lowest BCUT2D eigenvalue weighted by atomic mass is 10.2. The summed E-state index contributed by atoms with van der Waals surface area (Å²) in [4.78, 5) is 6.87. The maximum absolute atomic E-state index is 13.3.